The molecule has 2 N–H and O–H groups in total. The van der Waals surface area contributed by atoms with Gasteiger partial charge in [0, 0.05) is 19.6 Å². The third-order valence-corrected chi connectivity index (χ3v) is 4.16. The van der Waals surface area contributed by atoms with E-state index in [2.05, 4.69) is 10.6 Å². The predicted molar refractivity (Wildman–Crippen MR) is 83.8 cm³/mol. The van der Waals surface area contributed by atoms with E-state index in [1.807, 2.05) is 9.80 Å². The molecule has 2 aliphatic rings. The summed E-state index contributed by atoms with van der Waals surface area (Å²) in [5.74, 6) is -0.309. The Bertz CT molecular complexity index is 437. The highest BCUT2D eigenvalue weighted by atomic mass is 16.5. The number of nitrogens with zero attached hydrogens (tertiary/aromatic N) is 2. The van der Waals surface area contributed by atoms with Crippen molar-refractivity contribution in [3.63, 3.8) is 0 Å². The standard InChI is InChI=1S/C15H26N4O4/c1-2-16-15(22)17-13(20)11-19-6-4-3-5-12(19)14(21)18-7-9-23-10-8-18/h12H,2-11H2,1H3,(H2,16,17,20,22)/t12-/m0/s1. The van der Waals surface area contributed by atoms with E-state index in [1.165, 1.54) is 0 Å². The summed E-state index contributed by atoms with van der Waals surface area (Å²) in [6, 6.07) is -0.771. The molecule has 0 aromatic heterocycles. The van der Waals surface area contributed by atoms with Gasteiger partial charge < -0.3 is 15.0 Å². The van der Waals surface area contributed by atoms with Crippen LogP contribution in [0.4, 0.5) is 4.79 Å². The van der Waals surface area contributed by atoms with E-state index in [0.717, 1.165) is 19.3 Å². The van der Waals surface area contributed by atoms with E-state index in [1.54, 1.807) is 6.92 Å². The number of urea groups is 1. The van der Waals surface area contributed by atoms with Crippen molar-refractivity contribution in [2.75, 3.05) is 45.9 Å². The van der Waals surface area contributed by atoms with E-state index in [9.17, 15) is 14.4 Å². The second-order valence-corrected chi connectivity index (χ2v) is 5.83. The molecular weight excluding hydrogens is 300 g/mol. The maximum Gasteiger partial charge on any atom is 0.321 e. The van der Waals surface area contributed by atoms with Gasteiger partial charge in [0.1, 0.15) is 0 Å². The summed E-state index contributed by atoms with van der Waals surface area (Å²) in [7, 11) is 0. The van der Waals surface area contributed by atoms with E-state index in [4.69, 9.17) is 4.74 Å². The van der Waals surface area contributed by atoms with Crippen molar-refractivity contribution in [1.82, 2.24) is 20.4 Å². The molecule has 0 spiro atoms. The lowest BCUT2D eigenvalue weighted by Gasteiger charge is -2.38. The van der Waals surface area contributed by atoms with Crippen LogP contribution in [0.25, 0.3) is 0 Å². The van der Waals surface area contributed by atoms with E-state index >= 15 is 0 Å². The van der Waals surface area contributed by atoms with Crippen molar-refractivity contribution in [2.45, 2.75) is 32.2 Å². The molecule has 1 atom stereocenters. The third-order valence-electron chi connectivity index (χ3n) is 4.16. The van der Waals surface area contributed by atoms with Gasteiger partial charge in [-0.25, -0.2) is 4.79 Å². The molecule has 2 saturated heterocycles. The van der Waals surface area contributed by atoms with Gasteiger partial charge in [-0.05, 0) is 26.3 Å². The van der Waals surface area contributed by atoms with Gasteiger partial charge >= 0.3 is 6.03 Å². The lowest BCUT2D eigenvalue weighted by Crippen LogP contribution is -2.55. The fraction of sp³-hybridized carbons (Fsp3) is 0.800. The largest absolute Gasteiger partial charge is 0.378 e. The van der Waals surface area contributed by atoms with Crippen molar-refractivity contribution in [2.24, 2.45) is 0 Å². The lowest BCUT2D eigenvalue weighted by molar-refractivity contribution is -0.143. The number of piperidine rings is 1. The highest BCUT2D eigenvalue weighted by Crippen LogP contribution is 2.19. The Labute approximate surface area is 136 Å². The number of hydrogen-bond acceptors (Lipinski definition) is 5. The highest BCUT2D eigenvalue weighted by Gasteiger charge is 2.33. The number of nitrogens with one attached hydrogen (secondary N) is 2. The zero-order chi connectivity index (χ0) is 16.7. The number of rotatable bonds is 4. The van der Waals surface area contributed by atoms with Gasteiger partial charge in [-0.15, -0.1) is 0 Å². The number of imide groups is 1. The molecule has 2 aliphatic heterocycles. The Balaban J connectivity index is 1.90. The maximum atomic E-state index is 12.7. The molecule has 0 radical (unpaired) electrons. The van der Waals surface area contributed by atoms with Crippen molar-refractivity contribution < 1.29 is 19.1 Å². The van der Waals surface area contributed by atoms with E-state index in [-0.39, 0.29) is 24.4 Å². The van der Waals surface area contributed by atoms with Gasteiger partial charge in [-0.3, -0.25) is 19.8 Å². The molecule has 0 unspecified atom stereocenters. The summed E-state index contributed by atoms with van der Waals surface area (Å²) in [6.07, 6.45) is 2.70. The Morgan fingerprint density at radius 1 is 1.13 bits per heavy atom. The maximum absolute atomic E-state index is 12.7. The average Bonchev–Trinajstić information content (AvgIpc) is 2.55. The Kier molecular flexibility index (Phi) is 6.79. The molecule has 130 valence electrons. The van der Waals surface area contributed by atoms with Gasteiger partial charge in [0.2, 0.25) is 11.8 Å². The summed E-state index contributed by atoms with van der Waals surface area (Å²) >= 11 is 0. The van der Waals surface area contributed by atoms with Crippen LogP contribution in [0.15, 0.2) is 0 Å². The zero-order valence-electron chi connectivity index (χ0n) is 13.7. The minimum absolute atomic E-state index is 0.0673. The number of amides is 4. The summed E-state index contributed by atoms with van der Waals surface area (Å²) in [5.41, 5.74) is 0. The summed E-state index contributed by atoms with van der Waals surface area (Å²) in [4.78, 5) is 39.8. The normalized spacial score (nSPS) is 22.5. The topological polar surface area (TPSA) is 91.0 Å². The molecule has 2 rings (SSSR count). The number of carbonyl (C=O) groups is 3. The van der Waals surface area contributed by atoms with Crippen molar-refractivity contribution in [3.8, 4) is 0 Å². The number of hydrogen-bond donors (Lipinski definition) is 2. The first kappa shape index (κ1) is 17.7. The molecule has 4 amide bonds. The number of carbonyl (C=O) groups excluding carboxylic acids is 3. The second-order valence-electron chi connectivity index (χ2n) is 5.83. The van der Waals surface area contributed by atoms with Crippen LogP contribution in [0, 0.1) is 0 Å². The summed E-state index contributed by atoms with van der Waals surface area (Å²) < 4.78 is 5.28. The van der Waals surface area contributed by atoms with Gasteiger partial charge in [0.25, 0.3) is 0 Å². The fourth-order valence-electron chi connectivity index (χ4n) is 3.01. The van der Waals surface area contributed by atoms with Crippen LogP contribution in [-0.2, 0) is 14.3 Å². The third kappa shape index (κ3) is 5.18. The summed E-state index contributed by atoms with van der Waals surface area (Å²) in [5, 5.41) is 4.81. The Morgan fingerprint density at radius 2 is 1.87 bits per heavy atom. The van der Waals surface area contributed by atoms with Crippen LogP contribution in [-0.4, -0.2) is 79.6 Å². The molecule has 2 heterocycles. The Morgan fingerprint density at radius 3 is 2.57 bits per heavy atom. The van der Waals surface area contributed by atoms with Gasteiger partial charge in [-0.2, -0.15) is 0 Å². The quantitative estimate of drug-likeness (QED) is 0.730. The zero-order valence-corrected chi connectivity index (χ0v) is 13.7. The van der Waals surface area contributed by atoms with Crippen molar-refractivity contribution >= 4 is 17.8 Å². The molecule has 0 saturated carbocycles. The van der Waals surface area contributed by atoms with E-state index < -0.39 is 6.03 Å². The molecule has 0 bridgehead atoms. The molecule has 0 aliphatic carbocycles. The van der Waals surface area contributed by atoms with Crippen LogP contribution in [0.3, 0.4) is 0 Å². The molecular formula is C15H26N4O4. The first-order valence-electron chi connectivity index (χ1n) is 8.30. The second kappa shape index (κ2) is 8.83. The Hall–Kier alpha value is -1.67. The van der Waals surface area contributed by atoms with Gasteiger partial charge in [0.15, 0.2) is 0 Å². The molecule has 0 aromatic rings. The van der Waals surface area contributed by atoms with Crippen LogP contribution in [0.2, 0.25) is 0 Å². The van der Waals surface area contributed by atoms with Crippen LogP contribution in [0.5, 0.6) is 0 Å². The minimum Gasteiger partial charge on any atom is -0.378 e. The first-order chi connectivity index (χ1) is 11.1. The van der Waals surface area contributed by atoms with Crippen LogP contribution in [0.1, 0.15) is 26.2 Å². The number of likely N-dealkylation sites (tertiary alicyclic amines) is 1. The molecule has 8 heteroatoms. The van der Waals surface area contributed by atoms with Gasteiger partial charge in [-0.1, -0.05) is 6.42 Å². The molecule has 2 fully saturated rings. The van der Waals surface area contributed by atoms with Crippen molar-refractivity contribution in [3.05, 3.63) is 0 Å². The molecule has 8 nitrogen and oxygen atoms in total. The monoisotopic (exact) mass is 326 g/mol. The SMILES string of the molecule is CCNC(=O)NC(=O)CN1CCCC[C@H]1C(=O)N1CCOCC1. The van der Waals surface area contributed by atoms with Crippen molar-refractivity contribution in [1.29, 1.82) is 0 Å². The first-order valence-corrected chi connectivity index (χ1v) is 8.30. The van der Waals surface area contributed by atoms with Gasteiger partial charge in [0.05, 0.1) is 25.8 Å². The molecule has 23 heavy (non-hydrogen) atoms. The van der Waals surface area contributed by atoms with Crippen LogP contribution < -0.4 is 10.6 Å². The summed E-state index contributed by atoms with van der Waals surface area (Å²) in [6.45, 7) is 5.35. The fourth-order valence-corrected chi connectivity index (χ4v) is 3.01. The lowest BCUT2D eigenvalue weighted by atomic mass is 10.0. The molecule has 0 aromatic carbocycles. The number of morpholine rings is 1. The van der Waals surface area contributed by atoms with Crippen LogP contribution >= 0.6 is 0 Å². The smallest absolute Gasteiger partial charge is 0.321 e. The minimum atomic E-state index is -0.495. The number of ether oxygens (including phenoxy) is 1. The van der Waals surface area contributed by atoms with E-state index in [0.29, 0.717) is 39.4 Å². The average molecular weight is 326 g/mol. The highest BCUT2D eigenvalue weighted by molar-refractivity contribution is 5.95. The predicted octanol–water partition coefficient (Wildman–Crippen LogP) is -0.455.